The van der Waals surface area contributed by atoms with Crippen LogP contribution in [0.25, 0.3) is 11.1 Å². The third-order valence-corrected chi connectivity index (χ3v) is 6.18. The topological polar surface area (TPSA) is 118 Å². The first-order valence-electron chi connectivity index (χ1n) is 10.2. The van der Waals surface area contributed by atoms with Crippen molar-refractivity contribution in [3.05, 3.63) is 65.5 Å². The Kier molecular flexibility index (Phi) is 8.59. The first kappa shape index (κ1) is 24.0. The molecule has 0 unspecified atom stereocenters. The SMILES string of the molecule is COC1CCC1.N#Cc1c(N)nc(SCc2cccnc2)c(C#N)c1-c1ccc(OF)cc1. The Hall–Kier alpha value is -3.66. The molecule has 2 N–H and O–H groups in total. The number of pyridine rings is 2. The quantitative estimate of drug-likeness (QED) is 0.495. The van der Waals surface area contributed by atoms with Gasteiger partial charge in [-0.05, 0) is 48.6 Å². The lowest BCUT2D eigenvalue weighted by molar-refractivity contribution is -0.00618. The zero-order valence-corrected chi connectivity index (χ0v) is 18.8. The fourth-order valence-electron chi connectivity index (χ4n) is 3.11. The second kappa shape index (κ2) is 11.8. The van der Waals surface area contributed by atoms with E-state index in [9.17, 15) is 15.0 Å². The van der Waals surface area contributed by atoms with E-state index in [1.54, 1.807) is 31.6 Å². The fraction of sp³-hybridized carbons (Fsp3) is 0.250. The molecular formula is C24H22FN5O2S. The molecule has 9 heteroatoms. The molecular weight excluding hydrogens is 441 g/mol. The standard InChI is InChI=1S/C19H12FN5OS.C5H10O/c20-26-14-5-3-13(4-6-14)17-15(8-21)18(23)25-19(16(17)9-22)27-11-12-2-1-7-24-10-12;1-6-5-3-2-4-5/h1-7,10H,11H2,(H2,23,25);5H,2-4H2,1H3. The van der Waals surface area contributed by atoms with Crippen LogP contribution in [0.5, 0.6) is 5.75 Å². The van der Waals surface area contributed by atoms with Crippen molar-refractivity contribution in [1.82, 2.24) is 9.97 Å². The molecule has 1 fully saturated rings. The van der Waals surface area contributed by atoms with Crippen LogP contribution in [-0.2, 0) is 10.5 Å². The van der Waals surface area contributed by atoms with Crippen LogP contribution >= 0.6 is 11.8 Å². The number of rotatable bonds is 6. The highest BCUT2D eigenvalue weighted by molar-refractivity contribution is 7.98. The zero-order valence-electron chi connectivity index (χ0n) is 18.0. The zero-order chi connectivity index (χ0) is 23.6. The van der Waals surface area contributed by atoms with Crippen LogP contribution in [0.4, 0.5) is 10.3 Å². The summed E-state index contributed by atoms with van der Waals surface area (Å²) in [5.41, 5.74) is 8.18. The Morgan fingerprint density at radius 1 is 1.15 bits per heavy atom. The number of halogens is 1. The smallest absolute Gasteiger partial charge is 0.171 e. The minimum atomic E-state index is 0.0176. The maximum absolute atomic E-state index is 12.3. The van der Waals surface area contributed by atoms with Crippen LogP contribution in [0.15, 0.2) is 53.8 Å². The van der Waals surface area contributed by atoms with Gasteiger partial charge in [0.1, 0.15) is 28.5 Å². The number of anilines is 1. The number of thioether (sulfide) groups is 1. The summed E-state index contributed by atoms with van der Waals surface area (Å²) < 4.78 is 17.3. The molecule has 2 heterocycles. The van der Waals surface area contributed by atoms with E-state index < -0.39 is 0 Å². The lowest BCUT2D eigenvalue weighted by Gasteiger charge is -2.22. The third kappa shape index (κ3) is 5.98. The average Bonchev–Trinajstić information content (AvgIpc) is 2.82. The molecule has 1 aliphatic carbocycles. The van der Waals surface area contributed by atoms with Crippen LogP contribution in [0, 0.1) is 22.7 Å². The molecule has 1 aromatic carbocycles. The predicted molar refractivity (Wildman–Crippen MR) is 124 cm³/mol. The van der Waals surface area contributed by atoms with Crippen LogP contribution in [0.2, 0.25) is 0 Å². The first-order valence-corrected chi connectivity index (χ1v) is 11.2. The first-order chi connectivity index (χ1) is 16.1. The van der Waals surface area contributed by atoms with Crippen molar-refractivity contribution in [2.45, 2.75) is 36.1 Å². The number of nitrogen functional groups attached to an aromatic ring is 1. The van der Waals surface area contributed by atoms with Crippen LogP contribution in [-0.4, -0.2) is 23.2 Å². The maximum Gasteiger partial charge on any atom is 0.171 e. The van der Waals surface area contributed by atoms with Crippen molar-refractivity contribution in [2.75, 3.05) is 12.8 Å². The molecule has 0 radical (unpaired) electrons. The summed E-state index contributed by atoms with van der Waals surface area (Å²) in [6.45, 7) is 0. The van der Waals surface area contributed by atoms with Crippen molar-refractivity contribution in [3.63, 3.8) is 0 Å². The van der Waals surface area contributed by atoms with Gasteiger partial charge < -0.3 is 10.5 Å². The van der Waals surface area contributed by atoms with Gasteiger partial charge in [-0.2, -0.15) is 10.5 Å². The van der Waals surface area contributed by atoms with Gasteiger partial charge in [-0.25, -0.2) is 4.98 Å². The number of methoxy groups -OCH3 is 1. The van der Waals surface area contributed by atoms with Gasteiger partial charge >= 0.3 is 0 Å². The van der Waals surface area contributed by atoms with Gasteiger partial charge in [-0.15, -0.1) is 11.8 Å². The highest BCUT2D eigenvalue weighted by Crippen LogP contribution is 2.37. The van der Waals surface area contributed by atoms with Crippen molar-refractivity contribution in [2.24, 2.45) is 0 Å². The number of benzene rings is 1. The predicted octanol–water partition coefficient (Wildman–Crippen LogP) is 5.21. The van der Waals surface area contributed by atoms with Gasteiger partial charge in [0, 0.05) is 35.3 Å². The van der Waals surface area contributed by atoms with E-state index in [1.165, 1.54) is 43.2 Å². The Balaban J connectivity index is 0.000000442. The van der Waals surface area contributed by atoms with Crippen LogP contribution < -0.4 is 10.7 Å². The minimum absolute atomic E-state index is 0.0176. The number of hydrogen-bond donors (Lipinski definition) is 1. The molecule has 1 saturated carbocycles. The summed E-state index contributed by atoms with van der Waals surface area (Å²) in [7, 11) is 1.78. The highest BCUT2D eigenvalue weighted by Gasteiger charge is 2.20. The second-order valence-electron chi connectivity index (χ2n) is 7.19. The third-order valence-electron chi connectivity index (χ3n) is 5.13. The van der Waals surface area contributed by atoms with Gasteiger partial charge in [0.2, 0.25) is 0 Å². The van der Waals surface area contributed by atoms with E-state index in [0.717, 1.165) is 5.56 Å². The highest BCUT2D eigenvalue weighted by atomic mass is 32.2. The van der Waals surface area contributed by atoms with Gasteiger partial charge in [-0.1, -0.05) is 18.2 Å². The Morgan fingerprint density at radius 3 is 2.36 bits per heavy atom. The van der Waals surface area contributed by atoms with Crippen LogP contribution in [0.1, 0.15) is 36.0 Å². The molecule has 3 aromatic rings. The van der Waals surface area contributed by atoms with Crippen molar-refractivity contribution in [1.29, 1.82) is 10.5 Å². The molecule has 1 aliphatic rings. The van der Waals surface area contributed by atoms with Crippen LogP contribution in [0.3, 0.4) is 0 Å². The number of hydrogen-bond acceptors (Lipinski definition) is 8. The van der Waals surface area contributed by atoms with E-state index in [2.05, 4.69) is 21.0 Å². The Morgan fingerprint density at radius 2 is 1.88 bits per heavy atom. The molecule has 2 aromatic heterocycles. The molecule has 168 valence electrons. The van der Waals surface area contributed by atoms with Gasteiger partial charge in [0.25, 0.3) is 0 Å². The molecule has 0 saturated heterocycles. The summed E-state index contributed by atoms with van der Waals surface area (Å²) in [6, 6.07) is 13.8. The number of ether oxygens (including phenoxy) is 1. The van der Waals surface area contributed by atoms with E-state index in [0.29, 0.717) is 28.0 Å². The van der Waals surface area contributed by atoms with E-state index in [4.69, 9.17) is 10.5 Å². The Bertz CT molecular complexity index is 1150. The lowest BCUT2D eigenvalue weighted by atomic mass is 9.96. The number of nitrogens with two attached hydrogens (primary N) is 1. The fourth-order valence-corrected chi connectivity index (χ4v) is 4.04. The van der Waals surface area contributed by atoms with E-state index >= 15 is 0 Å². The average molecular weight is 464 g/mol. The molecule has 0 amide bonds. The molecule has 7 nitrogen and oxygen atoms in total. The largest absolute Gasteiger partial charge is 0.383 e. The summed E-state index contributed by atoms with van der Waals surface area (Å²) in [5, 5.41) is 19.6. The summed E-state index contributed by atoms with van der Waals surface area (Å²) >= 11 is 1.33. The molecule has 0 atom stereocenters. The molecule has 4 rings (SSSR count). The van der Waals surface area contributed by atoms with Crippen molar-refractivity contribution >= 4 is 17.6 Å². The monoisotopic (exact) mass is 463 g/mol. The maximum atomic E-state index is 12.3. The van der Waals surface area contributed by atoms with E-state index in [-0.39, 0.29) is 22.7 Å². The number of aromatic nitrogens is 2. The van der Waals surface area contributed by atoms with Crippen molar-refractivity contribution < 1.29 is 14.2 Å². The minimum Gasteiger partial charge on any atom is -0.383 e. The molecule has 33 heavy (non-hydrogen) atoms. The molecule has 0 spiro atoms. The number of nitriles is 2. The Labute approximate surface area is 195 Å². The van der Waals surface area contributed by atoms with Gasteiger partial charge in [-0.3, -0.25) is 9.93 Å². The normalized spacial score (nSPS) is 12.5. The summed E-state index contributed by atoms with van der Waals surface area (Å²) in [4.78, 5) is 12.0. The molecule has 0 aliphatic heterocycles. The van der Waals surface area contributed by atoms with E-state index in [1.807, 2.05) is 18.2 Å². The summed E-state index contributed by atoms with van der Waals surface area (Å²) in [6.07, 6.45) is 7.97. The van der Waals surface area contributed by atoms with Gasteiger partial charge in [0.05, 0.1) is 11.7 Å². The summed E-state index contributed by atoms with van der Waals surface area (Å²) in [5.74, 6) is 0.588. The second-order valence-corrected chi connectivity index (χ2v) is 8.15. The molecule has 0 bridgehead atoms. The van der Waals surface area contributed by atoms with Crippen molar-refractivity contribution in [3.8, 4) is 29.0 Å². The number of nitrogens with zero attached hydrogens (tertiary/aromatic N) is 4. The van der Waals surface area contributed by atoms with Gasteiger partial charge in [0.15, 0.2) is 5.75 Å². The lowest BCUT2D eigenvalue weighted by Crippen LogP contribution is -2.18.